The van der Waals surface area contributed by atoms with E-state index in [2.05, 4.69) is 5.32 Å². The van der Waals surface area contributed by atoms with Crippen LogP contribution in [0.4, 0.5) is 4.79 Å². The smallest absolute Gasteiger partial charge is 0.408 e. The standard InChI is InChI=1S/C21H32N2O5/c1-6-7-13-23(15-16-11-9-8-10-12-16)19(25)17(14-18(24)27-5)22-20(26)28-21(2,3)4/h8-12,17H,6-7,13-15H2,1-5H3,(H,22,26)/t17-/m0/s1. The van der Waals surface area contributed by atoms with Gasteiger partial charge in [-0.3, -0.25) is 9.59 Å². The molecule has 7 nitrogen and oxygen atoms in total. The number of hydrogen-bond acceptors (Lipinski definition) is 5. The maximum atomic E-state index is 13.2. The number of unbranched alkanes of at least 4 members (excludes halogenated alkanes) is 1. The first-order valence-corrected chi connectivity index (χ1v) is 9.55. The lowest BCUT2D eigenvalue weighted by atomic mass is 10.1. The molecule has 1 aromatic rings. The Balaban J connectivity index is 2.98. The quantitative estimate of drug-likeness (QED) is 0.652. The van der Waals surface area contributed by atoms with Gasteiger partial charge in [0, 0.05) is 13.1 Å². The molecule has 0 aliphatic rings. The van der Waals surface area contributed by atoms with Crippen LogP contribution in [0.15, 0.2) is 30.3 Å². The molecule has 28 heavy (non-hydrogen) atoms. The zero-order chi connectivity index (χ0) is 21.2. The fourth-order valence-electron chi connectivity index (χ4n) is 2.54. The van der Waals surface area contributed by atoms with E-state index < -0.39 is 23.7 Å². The number of ether oxygens (including phenoxy) is 2. The summed E-state index contributed by atoms with van der Waals surface area (Å²) < 4.78 is 9.93. The maximum Gasteiger partial charge on any atom is 0.408 e. The van der Waals surface area contributed by atoms with Crippen LogP contribution in [0.2, 0.25) is 0 Å². The van der Waals surface area contributed by atoms with Gasteiger partial charge in [-0.25, -0.2) is 4.79 Å². The van der Waals surface area contributed by atoms with Crippen LogP contribution in [0.25, 0.3) is 0 Å². The number of esters is 1. The Morgan fingerprint density at radius 1 is 1.14 bits per heavy atom. The van der Waals surface area contributed by atoms with Crippen LogP contribution in [0.1, 0.15) is 52.5 Å². The Morgan fingerprint density at radius 2 is 1.79 bits per heavy atom. The number of carbonyl (C=O) groups is 3. The molecule has 0 spiro atoms. The highest BCUT2D eigenvalue weighted by molar-refractivity contribution is 5.89. The number of rotatable bonds is 9. The molecule has 0 unspecified atom stereocenters. The summed E-state index contributed by atoms with van der Waals surface area (Å²) in [5.41, 5.74) is 0.260. The molecular formula is C21H32N2O5. The number of alkyl carbamates (subject to hydrolysis) is 1. The minimum absolute atomic E-state index is 0.258. The normalized spacial score (nSPS) is 12.0. The van der Waals surface area contributed by atoms with Gasteiger partial charge in [0.15, 0.2) is 0 Å². The molecule has 2 amide bonds. The van der Waals surface area contributed by atoms with Gasteiger partial charge in [0.25, 0.3) is 0 Å². The van der Waals surface area contributed by atoms with E-state index in [9.17, 15) is 14.4 Å². The van der Waals surface area contributed by atoms with E-state index in [1.165, 1.54) is 7.11 Å². The van der Waals surface area contributed by atoms with Crippen LogP contribution in [-0.4, -0.2) is 48.2 Å². The summed E-state index contributed by atoms with van der Waals surface area (Å²) >= 11 is 0. The second kappa shape index (κ2) is 11.3. The number of carbonyl (C=O) groups excluding carboxylic acids is 3. The Morgan fingerprint density at radius 3 is 2.32 bits per heavy atom. The SMILES string of the molecule is CCCCN(Cc1ccccc1)C(=O)[C@H](CC(=O)OC)NC(=O)OC(C)(C)C. The van der Waals surface area contributed by atoms with Crippen molar-refractivity contribution in [1.82, 2.24) is 10.2 Å². The number of methoxy groups -OCH3 is 1. The largest absolute Gasteiger partial charge is 0.469 e. The molecule has 0 aromatic heterocycles. The molecule has 0 aliphatic carbocycles. The number of hydrogen-bond donors (Lipinski definition) is 1. The minimum Gasteiger partial charge on any atom is -0.469 e. The lowest BCUT2D eigenvalue weighted by Crippen LogP contribution is -2.50. The molecule has 1 aromatic carbocycles. The van der Waals surface area contributed by atoms with Crippen molar-refractivity contribution < 1.29 is 23.9 Å². The van der Waals surface area contributed by atoms with Crippen molar-refractivity contribution in [2.45, 2.75) is 65.1 Å². The third kappa shape index (κ3) is 8.88. The minimum atomic E-state index is -1.05. The van der Waals surface area contributed by atoms with E-state index in [4.69, 9.17) is 9.47 Å². The molecule has 0 heterocycles. The molecular weight excluding hydrogens is 360 g/mol. The second-order valence-corrected chi connectivity index (χ2v) is 7.58. The Hall–Kier alpha value is -2.57. The van der Waals surface area contributed by atoms with Gasteiger partial charge in [-0.2, -0.15) is 0 Å². The third-order valence-electron chi connectivity index (χ3n) is 3.90. The van der Waals surface area contributed by atoms with Crippen molar-refractivity contribution >= 4 is 18.0 Å². The topological polar surface area (TPSA) is 84.9 Å². The summed E-state index contributed by atoms with van der Waals surface area (Å²) in [7, 11) is 1.25. The highest BCUT2D eigenvalue weighted by Crippen LogP contribution is 2.12. The molecule has 1 atom stereocenters. The van der Waals surface area contributed by atoms with E-state index >= 15 is 0 Å². The van der Waals surface area contributed by atoms with E-state index in [0.717, 1.165) is 18.4 Å². The monoisotopic (exact) mass is 392 g/mol. The number of nitrogens with one attached hydrogen (secondary N) is 1. The molecule has 7 heteroatoms. The van der Waals surface area contributed by atoms with Crippen LogP contribution >= 0.6 is 0 Å². The molecule has 1 N–H and O–H groups in total. The lowest BCUT2D eigenvalue weighted by molar-refractivity contribution is -0.145. The van der Waals surface area contributed by atoms with E-state index in [1.54, 1.807) is 25.7 Å². The van der Waals surface area contributed by atoms with E-state index in [-0.39, 0.29) is 12.3 Å². The van der Waals surface area contributed by atoms with Gasteiger partial charge in [-0.15, -0.1) is 0 Å². The first-order chi connectivity index (χ1) is 13.2. The van der Waals surface area contributed by atoms with Crippen LogP contribution in [0.3, 0.4) is 0 Å². The van der Waals surface area contributed by atoms with Gasteiger partial charge >= 0.3 is 12.1 Å². The van der Waals surface area contributed by atoms with E-state index in [1.807, 2.05) is 37.3 Å². The second-order valence-electron chi connectivity index (χ2n) is 7.58. The zero-order valence-electron chi connectivity index (χ0n) is 17.5. The zero-order valence-corrected chi connectivity index (χ0v) is 17.5. The summed E-state index contributed by atoms with van der Waals surface area (Å²) in [5, 5.41) is 2.53. The van der Waals surface area contributed by atoms with E-state index in [0.29, 0.717) is 13.1 Å². The van der Waals surface area contributed by atoms with Gasteiger partial charge in [-0.1, -0.05) is 43.7 Å². The Kier molecular flexibility index (Phi) is 9.48. The molecule has 0 saturated heterocycles. The van der Waals surface area contributed by atoms with Crippen molar-refractivity contribution in [2.24, 2.45) is 0 Å². The number of nitrogens with zero attached hydrogens (tertiary/aromatic N) is 1. The predicted octanol–water partition coefficient (Wildman–Crippen LogP) is 3.27. The molecule has 0 bridgehead atoms. The Labute approximate surface area is 167 Å². The average Bonchev–Trinajstić information content (AvgIpc) is 2.63. The third-order valence-corrected chi connectivity index (χ3v) is 3.90. The van der Waals surface area contributed by atoms with Crippen LogP contribution in [0.5, 0.6) is 0 Å². The number of amides is 2. The highest BCUT2D eigenvalue weighted by Gasteiger charge is 2.30. The van der Waals surface area contributed by atoms with Crippen LogP contribution in [-0.2, 0) is 25.6 Å². The van der Waals surface area contributed by atoms with Crippen molar-refractivity contribution in [3.8, 4) is 0 Å². The maximum absolute atomic E-state index is 13.2. The van der Waals surface area contributed by atoms with Crippen molar-refractivity contribution in [3.05, 3.63) is 35.9 Å². The summed E-state index contributed by atoms with van der Waals surface area (Å²) in [6, 6.07) is 8.53. The van der Waals surface area contributed by atoms with Crippen LogP contribution in [0, 0.1) is 0 Å². The summed E-state index contributed by atoms with van der Waals surface area (Å²) in [4.78, 5) is 38.8. The summed E-state index contributed by atoms with van der Waals surface area (Å²) in [6.45, 7) is 8.15. The average molecular weight is 392 g/mol. The lowest BCUT2D eigenvalue weighted by Gasteiger charge is -2.28. The predicted molar refractivity (Wildman–Crippen MR) is 107 cm³/mol. The molecule has 0 saturated carbocycles. The van der Waals surface area contributed by atoms with Crippen LogP contribution < -0.4 is 5.32 Å². The first-order valence-electron chi connectivity index (χ1n) is 9.55. The van der Waals surface area contributed by atoms with Gasteiger partial charge in [0.2, 0.25) is 5.91 Å². The fraction of sp³-hybridized carbons (Fsp3) is 0.571. The number of benzene rings is 1. The summed E-state index contributed by atoms with van der Waals surface area (Å²) in [5.74, 6) is -0.918. The van der Waals surface area contributed by atoms with Gasteiger partial charge in [0.05, 0.1) is 13.5 Å². The Bertz CT molecular complexity index is 640. The van der Waals surface area contributed by atoms with Crippen molar-refractivity contribution in [3.63, 3.8) is 0 Å². The van der Waals surface area contributed by atoms with Crippen molar-refractivity contribution in [1.29, 1.82) is 0 Å². The molecule has 0 fully saturated rings. The first kappa shape index (κ1) is 23.5. The highest BCUT2D eigenvalue weighted by atomic mass is 16.6. The summed E-state index contributed by atoms with van der Waals surface area (Å²) in [6.07, 6.45) is 0.728. The molecule has 1 rings (SSSR count). The molecule has 156 valence electrons. The van der Waals surface area contributed by atoms with Gasteiger partial charge < -0.3 is 19.7 Å². The molecule has 0 radical (unpaired) electrons. The van der Waals surface area contributed by atoms with Gasteiger partial charge in [-0.05, 0) is 32.8 Å². The molecule has 0 aliphatic heterocycles. The van der Waals surface area contributed by atoms with Gasteiger partial charge in [0.1, 0.15) is 11.6 Å². The van der Waals surface area contributed by atoms with Crippen molar-refractivity contribution in [2.75, 3.05) is 13.7 Å². The fourth-order valence-corrected chi connectivity index (χ4v) is 2.54.